The van der Waals surface area contributed by atoms with Crippen LogP contribution in [0.4, 0.5) is 0 Å². The lowest BCUT2D eigenvalue weighted by atomic mass is 10.2. The van der Waals surface area contributed by atoms with Gasteiger partial charge in [0, 0.05) is 25.7 Å². The third-order valence-corrected chi connectivity index (χ3v) is 7.11. The molecule has 96 valence electrons. The van der Waals surface area contributed by atoms with Crippen molar-refractivity contribution in [3.63, 3.8) is 0 Å². The minimum Gasteiger partial charge on any atom is -0.242 e. The molecule has 0 radical (unpaired) electrons. The molecule has 1 aromatic rings. The summed E-state index contributed by atoms with van der Waals surface area (Å²) in [6.07, 6.45) is 0. The fourth-order valence-electron chi connectivity index (χ4n) is 2.52. The highest BCUT2D eigenvalue weighted by Gasteiger charge is 2.43. The monoisotopic (exact) mass is 263 g/mol. The zero-order valence-electron chi connectivity index (χ0n) is 11.0. The number of hydrazone groups is 1. The van der Waals surface area contributed by atoms with Crippen molar-refractivity contribution < 1.29 is 0 Å². The number of hydrogen-bond donors (Lipinski definition) is 0. The molecule has 3 rings (SSSR count). The molecule has 0 unspecified atom stereocenters. The second kappa shape index (κ2) is 4.19. The molecule has 0 aliphatic carbocycles. The summed E-state index contributed by atoms with van der Waals surface area (Å²) in [6, 6.07) is 10.2. The lowest BCUT2D eigenvalue weighted by Crippen LogP contribution is -2.22. The molecule has 1 fully saturated rings. The molecule has 1 saturated heterocycles. The topological polar surface area (TPSA) is 34.4 Å². The van der Waals surface area contributed by atoms with Crippen LogP contribution in [0.5, 0.6) is 0 Å². The number of benzene rings is 1. The molecule has 5 nitrogen and oxygen atoms in total. The molecule has 0 atom stereocenters. The SMILES string of the molecule is CN1CCN(C)P12=NC(c1ccccc1)=NN2C. The Morgan fingerprint density at radius 1 is 1.00 bits per heavy atom. The summed E-state index contributed by atoms with van der Waals surface area (Å²) in [4.78, 5) is 0. The van der Waals surface area contributed by atoms with Gasteiger partial charge in [0.25, 0.3) is 0 Å². The number of likely N-dealkylation sites (N-methyl/N-ethyl adjacent to an activating group) is 2. The van der Waals surface area contributed by atoms with Crippen LogP contribution in [0.1, 0.15) is 5.56 Å². The standard InChI is InChI=1S/C12H18N5P/c1-15-9-10-16(2)18(15)14-12(13-17(18)3)11-7-5-4-6-8-11/h4-8H,9-10H2,1-3H3. The van der Waals surface area contributed by atoms with Crippen LogP contribution in [0.3, 0.4) is 0 Å². The van der Waals surface area contributed by atoms with E-state index in [9.17, 15) is 0 Å². The van der Waals surface area contributed by atoms with E-state index in [1.165, 1.54) is 0 Å². The first-order valence-corrected chi connectivity index (χ1v) is 7.68. The highest BCUT2D eigenvalue weighted by atomic mass is 31.2. The van der Waals surface area contributed by atoms with Gasteiger partial charge in [-0.05, 0) is 14.1 Å². The second-order valence-corrected chi connectivity index (χ2v) is 7.90. The van der Waals surface area contributed by atoms with Crippen LogP contribution in [-0.4, -0.2) is 54.2 Å². The van der Waals surface area contributed by atoms with Crippen molar-refractivity contribution in [1.82, 2.24) is 14.1 Å². The van der Waals surface area contributed by atoms with Crippen LogP contribution in [0.25, 0.3) is 0 Å². The first kappa shape index (κ1) is 11.9. The van der Waals surface area contributed by atoms with E-state index in [-0.39, 0.29) is 0 Å². The smallest absolute Gasteiger partial charge is 0.214 e. The van der Waals surface area contributed by atoms with Crippen LogP contribution in [0.15, 0.2) is 40.2 Å². The Morgan fingerprint density at radius 2 is 1.61 bits per heavy atom. The van der Waals surface area contributed by atoms with Crippen LogP contribution in [0, 0.1) is 0 Å². The van der Waals surface area contributed by atoms with Crippen LogP contribution in [-0.2, 0) is 0 Å². The van der Waals surface area contributed by atoms with Crippen molar-refractivity contribution in [2.24, 2.45) is 9.85 Å². The van der Waals surface area contributed by atoms with Gasteiger partial charge in [-0.25, -0.2) is 14.1 Å². The molecular formula is C12H18N5P. The Bertz CT molecular complexity index is 525. The molecule has 0 bridgehead atoms. The number of nitrogens with zero attached hydrogens (tertiary/aromatic N) is 5. The van der Waals surface area contributed by atoms with Crippen molar-refractivity contribution in [3.8, 4) is 0 Å². The zero-order chi connectivity index (χ0) is 12.8. The molecule has 0 amide bonds. The largest absolute Gasteiger partial charge is 0.242 e. The van der Waals surface area contributed by atoms with Gasteiger partial charge < -0.3 is 0 Å². The Kier molecular flexibility index (Phi) is 2.77. The predicted molar refractivity (Wildman–Crippen MR) is 75.4 cm³/mol. The van der Waals surface area contributed by atoms with Gasteiger partial charge in [0.05, 0.1) is 0 Å². The number of amidine groups is 1. The van der Waals surface area contributed by atoms with E-state index < -0.39 is 7.51 Å². The molecule has 0 saturated carbocycles. The molecule has 1 spiro atoms. The van der Waals surface area contributed by atoms with E-state index in [0.29, 0.717) is 0 Å². The zero-order valence-corrected chi connectivity index (χ0v) is 11.9. The molecule has 1 aromatic carbocycles. The average Bonchev–Trinajstić information content (AvgIpc) is 2.88. The van der Waals surface area contributed by atoms with Gasteiger partial charge in [0.2, 0.25) is 7.51 Å². The highest BCUT2D eigenvalue weighted by molar-refractivity contribution is 7.60. The molecule has 0 aromatic heterocycles. The van der Waals surface area contributed by atoms with Crippen molar-refractivity contribution in [3.05, 3.63) is 35.9 Å². The lowest BCUT2D eigenvalue weighted by molar-refractivity contribution is 0.500. The first-order valence-electron chi connectivity index (χ1n) is 6.08. The Hall–Kier alpha value is -1.16. The fourth-order valence-corrected chi connectivity index (χ4v) is 5.69. The number of hydrogen-bond acceptors (Lipinski definition) is 5. The quantitative estimate of drug-likeness (QED) is 0.728. The maximum absolute atomic E-state index is 4.97. The lowest BCUT2D eigenvalue weighted by Gasteiger charge is -2.33. The molecule has 2 aliphatic rings. The molecule has 2 aliphatic heterocycles. The van der Waals surface area contributed by atoms with Gasteiger partial charge >= 0.3 is 0 Å². The highest BCUT2D eigenvalue weighted by Crippen LogP contribution is 2.62. The van der Waals surface area contributed by atoms with E-state index in [2.05, 4.69) is 45.4 Å². The maximum atomic E-state index is 4.97. The third kappa shape index (κ3) is 1.55. The summed E-state index contributed by atoms with van der Waals surface area (Å²) in [7, 11) is 4.54. The normalized spacial score (nSPS) is 23.5. The molecule has 2 heterocycles. The van der Waals surface area contributed by atoms with Crippen molar-refractivity contribution in [2.45, 2.75) is 0 Å². The van der Waals surface area contributed by atoms with E-state index in [1.54, 1.807) is 0 Å². The molecule has 0 N–H and O–H groups in total. The molecule has 6 heteroatoms. The third-order valence-electron chi connectivity index (χ3n) is 3.55. The fraction of sp³-hybridized carbons (Fsp3) is 0.417. The first-order chi connectivity index (χ1) is 8.64. The second-order valence-electron chi connectivity index (χ2n) is 4.68. The van der Waals surface area contributed by atoms with Gasteiger partial charge in [-0.15, -0.1) is 0 Å². The van der Waals surface area contributed by atoms with E-state index in [4.69, 9.17) is 4.74 Å². The molecular weight excluding hydrogens is 245 g/mol. The van der Waals surface area contributed by atoms with Crippen molar-refractivity contribution in [2.75, 3.05) is 34.2 Å². The van der Waals surface area contributed by atoms with E-state index in [0.717, 1.165) is 24.5 Å². The Labute approximate surface area is 108 Å². The van der Waals surface area contributed by atoms with Crippen LogP contribution < -0.4 is 0 Å². The Balaban J connectivity index is 2.06. The summed E-state index contributed by atoms with van der Waals surface area (Å²) in [5.74, 6) is 0.854. The summed E-state index contributed by atoms with van der Waals surface area (Å²) >= 11 is 0. The molecule has 18 heavy (non-hydrogen) atoms. The summed E-state index contributed by atoms with van der Waals surface area (Å²) in [5, 5.41) is 4.64. The van der Waals surface area contributed by atoms with Crippen LogP contribution >= 0.6 is 7.51 Å². The van der Waals surface area contributed by atoms with E-state index in [1.807, 2.05) is 25.2 Å². The summed E-state index contributed by atoms with van der Waals surface area (Å²) in [6.45, 7) is 2.10. The van der Waals surface area contributed by atoms with Gasteiger partial charge in [-0.3, -0.25) is 0 Å². The van der Waals surface area contributed by atoms with Gasteiger partial charge in [0.1, 0.15) is 0 Å². The Morgan fingerprint density at radius 3 is 2.22 bits per heavy atom. The van der Waals surface area contributed by atoms with E-state index >= 15 is 0 Å². The maximum Gasteiger partial charge on any atom is 0.214 e. The van der Waals surface area contributed by atoms with Gasteiger partial charge in [-0.1, -0.05) is 30.3 Å². The predicted octanol–water partition coefficient (Wildman–Crippen LogP) is 2.12. The number of rotatable bonds is 1. The van der Waals surface area contributed by atoms with Crippen LogP contribution in [0.2, 0.25) is 0 Å². The summed E-state index contributed by atoms with van der Waals surface area (Å²) in [5.41, 5.74) is 1.09. The minimum atomic E-state index is -1.77. The average molecular weight is 263 g/mol. The van der Waals surface area contributed by atoms with Gasteiger partial charge in [-0.2, -0.15) is 9.85 Å². The minimum absolute atomic E-state index is 0.854. The van der Waals surface area contributed by atoms with Crippen molar-refractivity contribution in [1.29, 1.82) is 0 Å². The summed E-state index contributed by atoms with van der Waals surface area (Å²) < 4.78 is 11.7. The van der Waals surface area contributed by atoms with Gasteiger partial charge in [0.15, 0.2) is 5.84 Å². The van der Waals surface area contributed by atoms with Crippen molar-refractivity contribution >= 4 is 13.3 Å².